The largest absolute Gasteiger partial charge is 0.394 e. The minimum atomic E-state index is -2.42. The number of hydrogen-bond donors (Lipinski definition) is 9. The number of aliphatic hydroxyl groups is 8. The Labute approximate surface area is 135 Å². The summed E-state index contributed by atoms with van der Waals surface area (Å²) < 4.78 is 14.8. The zero-order chi connectivity index (χ0) is 17.5. The van der Waals surface area contributed by atoms with Crippen LogP contribution in [0.4, 0.5) is 0 Å². The van der Waals surface area contributed by atoms with Gasteiger partial charge < -0.3 is 55.1 Å². The molecule has 136 valence electrons. The Morgan fingerprint density at radius 2 is 1.52 bits per heavy atom. The molecular weight excluding hydrogens is 340 g/mol. The Hall–Kier alpha value is -0.0900. The van der Waals surface area contributed by atoms with Crippen LogP contribution in [0.15, 0.2) is 0 Å². The molecule has 2 fully saturated rings. The van der Waals surface area contributed by atoms with E-state index >= 15 is 0 Å². The van der Waals surface area contributed by atoms with Crippen molar-refractivity contribution in [3.05, 3.63) is 0 Å². The highest BCUT2D eigenvalue weighted by Crippen LogP contribution is 2.36. The van der Waals surface area contributed by atoms with Gasteiger partial charge >= 0.3 is 0 Å². The highest BCUT2D eigenvalue weighted by molar-refractivity contribution is 7.81. The first-order chi connectivity index (χ1) is 10.6. The molecule has 2 heterocycles. The first kappa shape index (κ1) is 19.2. The second-order valence-electron chi connectivity index (χ2n) is 5.40. The van der Waals surface area contributed by atoms with Gasteiger partial charge in [0.25, 0.3) is 0 Å². The van der Waals surface area contributed by atoms with E-state index in [2.05, 4.69) is 12.6 Å². The Bertz CT molecular complexity index is 409. The van der Waals surface area contributed by atoms with E-state index in [1.54, 1.807) is 0 Å². The van der Waals surface area contributed by atoms with Crippen molar-refractivity contribution in [1.29, 1.82) is 0 Å². The highest BCUT2D eigenvalue weighted by Gasteiger charge is 2.56. The quantitative estimate of drug-likeness (QED) is 0.173. The van der Waals surface area contributed by atoms with Crippen LogP contribution < -0.4 is 0 Å². The third-order valence-corrected chi connectivity index (χ3v) is 4.30. The SMILES string of the molecule is OC[C@H]1O[C@@H](O)[C@@H](O)[C@](O)(S)[C@H]1O[C@@H]1O[C@H](O)[C@@H](O)[C@H](O)[C@H]1O. The maximum Gasteiger partial charge on any atom is 0.189 e. The fourth-order valence-corrected chi connectivity index (χ4v) is 2.74. The summed E-state index contributed by atoms with van der Waals surface area (Å²) in [6.07, 6.45) is -15.8. The lowest BCUT2D eigenvalue weighted by Crippen LogP contribution is -2.67. The predicted molar refractivity (Wildman–Crippen MR) is 71.7 cm³/mol. The Kier molecular flexibility index (Phi) is 5.88. The first-order valence-electron chi connectivity index (χ1n) is 6.71. The van der Waals surface area contributed by atoms with Crippen LogP contribution in [-0.2, 0) is 14.2 Å². The van der Waals surface area contributed by atoms with Crippen molar-refractivity contribution in [2.24, 2.45) is 0 Å². The monoisotopic (exact) mass is 360 g/mol. The van der Waals surface area contributed by atoms with Crippen LogP contribution in [0.25, 0.3) is 0 Å². The summed E-state index contributed by atoms with van der Waals surface area (Å²) in [5.74, 6) is 0. The van der Waals surface area contributed by atoms with Gasteiger partial charge in [-0.05, 0) is 0 Å². The summed E-state index contributed by atoms with van der Waals surface area (Å²) in [5.41, 5.74) is 0. The zero-order valence-electron chi connectivity index (χ0n) is 11.7. The fraction of sp³-hybridized carbons (Fsp3) is 1.00. The lowest BCUT2D eigenvalue weighted by Gasteiger charge is -2.48. The van der Waals surface area contributed by atoms with E-state index in [0.717, 1.165) is 0 Å². The molecule has 2 rings (SSSR count). The molecule has 0 bridgehead atoms. The van der Waals surface area contributed by atoms with Crippen LogP contribution >= 0.6 is 12.6 Å². The van der Waals surface area contributed by atoms with Gasteiger partial charge in [-0.2, -0.15) is 0 Å². The summed E-state index contributed by atoms with van der Waals surface area (Å²) in [5, 5.41) is 76.9. The molecule has 11 nitrogen and oxygen atoms in total. The molecule has 23 heavy (non-hydrogen) atoms. The van der Waals surface area contributed by atoms with Crippen molar-refractivity contribution < 1.29 is 55.1 Å². The van der Waals surface area contributed by atoms with Gasteiger partial charge in [0.2, 0.25) is 0 Å². The van der Waals surface area contributed by atoms with Crippen molar-refractivity contribution >= 4 is 12.6 Å². The van der Waals surface area contributed by atoms with Gasteiger partial charge in [0.1, 0.15) is 36.6 Å². The van der Waals surface area contributed by atoms with Gasteiger partial charge in [-0.3, -0.25) is 0 Å². The maximum absolute atomic E-state index is 10.2. The lowest BCUT2D eigenvalue weighted by molar-refractivity contribution is -0.379. The van der Waals surface area contributed by atoms with Gasteiger partial charge in [-0.15, -0.1) is 12.6 Å². The molecule has 12 heteroatoms. The molecule has 2 aliphatic heterocycles. The van der Waals surface area contributed by atoms with E-state index in [1.165, 1.54) is 0 Å². The van der Waals surface area contributed by atoms with Gasteiger partial charge in [0, 0.05) is 0 Å². The molecule has 0 aromatic carbocycles. The minimum Gasteiger partial charge on any atom is -0.394 e. The van der Waals surface area contributed by atoms with E-state index in [4.69, 9.17) is 14.2 Å². The number of ether oxygens (including phenoxy) is 3. The number of aliphatic hydroxyl groups excluding tert-OH is 7. The van der Waals surface area contributed by atoms with E-state index in [1.807, 2.05) is 0 Å². The summed E-state index contributed by atoms with van der Waals surface area (Å²) >= 11 is 3.79. The summed E-state index contributed by atoms with van der Waals surface area (Å²) in [7, 11) is 0. The Morgan fingerprint density at radius 3 is 2.09 bits per heavy atom. The highest BCUT2D eigenvalue weighted by atomic mass is 32.1. The summed E-state index contributed by atoms with van der Waals surface area (Å²) in [6, 6.07) is 0. The Balaban J connectivity index is 2.18. The standard InChI is InChI=1S/C11H20O11S/c12-1-2-7(11(19,23)6(16)9(18)20-2)21-10-5(15)3(13)4(14)8(17)22-10/h2-10,12-19,23H,1H2/t2-,3+,4+,5-,6-,7+,8+,9-,10-,11+/m1/s1. The van der Waals surface area contributed by atoms with Crippen LogP contribution in [0.5, 0.6) is 0 Å². The fourth-order valence-electron chi connectivity index (χ4n) is 2.39. The van der Waals surface area contributed by atoms with Crippen molar-refractivity contribution in [2.45, 2.75) is 60.4 Å². The second kappa shape index (κ2) is 7.03. The van der Waals surface area contributed by atoms with Crippen molar-refractivity contribution in [3.63, 3.8) is 0 Å². The third kappa shape index (κ3) is 3.49. The summed E-state index contributed by atoms with van der Waals surface area (Å²) in [6.45, 7) is -0.756. The van der Waals surface area contributed by atoms with E-state index in [-0.39, 0.29) is 0 Å². The topological polar surface area (TPSA) is 190 Å². The molecule has 0 saturated carbocycles. The number of rotatable bonds is 3. The van der Waals surface area contributed by atoms with E-state index in [0.29, 0.717) is 0 Å². The smallest absolute Gasteiger partial charge is 0.189 e. The lowest BCUT2D eigenvalue weighted by atomic mass is 9.97. The van der Waals surface area contributed by atoms with Crippen molar-refractivity contribution in [3.8, 4) is 0 Å². The molecule has 2 saturated heterocycles. The molecule has 0 aromatic rings. The molecule has 8 N–H and O–H groups in total. The molecule has 0 unspecified atom stereocenters. The Morgan fingerprint density at radius 1 is 0.913 bits per heavy atom. The predicted octanol–water partition coefficient (Wildman–Crippen LogP) is -5.18. The van der Waals surface area contributed by atoms with Crippen LogP contribution in [0.3, 0.4) is 0 Å². The van der Waals surface area contributed by atoms with Gasteiger partial charge in [-0.25, -0.2) is 0 Å². The molecule has 0 aliphatic carbocycles. The van der Waals surface area contributed by atoms with Crippen LogP contribution in [0, 0.1) is 0 Å². The number of hydrogen-bond acceptors (Lipinski definition) is 12. The van der Waals surface area contributed by atoms with Crippen LogP contribution in [0.2, 0.25) is 0 Å². The van der Waals surface area contributed by atoms with E-state index < -0.39 is 67.0 Å². The molecule has 10 atom stereocenters. The van der Waals surface area contributed by atoms with Gasteiger partial charge in [-0.1, -0.05) is 0 Å². The zero-order valence-corrected chi connectivity index (χ0v) is 12.5. The third-order valence-electron chi connectivity index (χ3n) is 3.78. The van der Waals surface area contributed by atoms with Crippen molar-refractivity contribution in [1.82, 2.24) is 0 Å². The molecular formula is C11H20O11S. The van der Waals surface area contributed by atoms with E-state index in [9.17, 15) is 40.9 Å². The minimum absolute atomic E-state index is 0.756. The van der Waals surface area contributed by atoms with Crippen molar-refractivity contribution in [2.75, 3.05) is 6.61 Å². The second-order valence-corrected chi connectivity index (χ2v) is 6.12. The molecule has 0 aromatic heterocycles. The van der Waals surface area contributed by atoms with Gasteiger partial charge in [0.05, 0.1) is 6.61 Å². The molecule has 0 spiro atoms. The molecule has 0 amide bonds. The average Bonchev–Trinajstić information content (AvgIpc) is 2.50. The first-order valence-corrected chi connectivity index (χ1v) is 7.16. The molecule has 2 aliphatic rings. The maximum atomic E-state index is 10.2. The summed E-state index contributed by atoms with van der Waals surface area (Å²) in [4.78, 5) is -2.42. The number of thiol groups is 1. The van der Waals surface area contributed by atoms with Crippen LogP contribution in [0.1, 0.15) is 0 Å². The van der Waals surface area contributed by atoms with Crippen LogP contribution in [-0.4, -0.2) is 108 Å². The average molecular weight is 360 g/mol. The van der Waals surface area contributed by atoms with Gasteiger partial charge in [0.15, 0.2) is 23.8 Å². The molecule has 0 radical (unpaired) electrons. The normalized spacial score (nSPS) is 54.9.